The van der Waals surface area contributed by atoms with Crippen LogP contribution in [-0.4, -0.2) is 17.7 Å². The zero-order chi connectivity index (χ0) is 9.90. The Labute approximate surface area is 72.5 Å². The van der Waals surface area contributed by atoms with Crippen LogP contribution in [0.2, 0.25) is 0 Å². The van der Waals surface area contributed by atoms with Crippen LogP contribution in [0, 0.1) is 0 Å². The van der Waals surface area contributed by atoms with E-state index in [-0.39, 0.29) is 13.4 Å². The molecule has 0 atom stereocenters. The van der Waals surface area contributed by atoms with Gasteiger partial charge in [-0.2, -0.15) is 13.2 Å². The fourth-order valence-electron chi connectivity index (χ4n) is 0.699. The molecule has 0 saturated carbocycles. The molecular weight excluding hydrogens is 186 g/mol. The number of aromatic nitrogens is 1. The fraction of sp³-hybridized carbons (Fsp3) is 0.167. The lowest BCUT2D eigenvalue weighted by Gasteiger charge is -2.07. The molecule has 1 rings (SSSR count). The van der Waals surface area contributed by atoms with Crippen molar-refractivity contribution in [3.63, 3.8) is 0 Å². The molecule has 13 heavy (non-hydrogen) atoms. The molecule has 0 aromatic carbocycles. The van der Waals surface area contributed by atoms with Crippen molar-refractivity contribution in [3.05, 3.63) is 24.0 Å². The molecule has 0 amide bonds. The molecule has 1 aromatic rings. The van der Waals surface area contributed by atoms with Crippen molar-refractivity contribution < 1.29 is 22.8 Å². The van der Waals surface area contributed by atoms with E-state index in [4.69, 9.17) is 5.02 Å². The van der Waals surface area contributed by atoms with Gasteiger partial charge in [-0.05, 0) is 6.07 Å². The summed E-state index contributed by atoms with van der Waals surface area (Å²) in [7, 11) is 0.289. The molecule has 0 aliphatic heterocycles. The Balaban J connectivity index is 2.92. The maximum absolute atomic E-state index is 12.0. The predicted octanol–water partition coefficient (Wildman–Crippen LogP) is 1.01. The summed E-state index contributed by atoms with van der Waals surface area (Å²) in [5, 5.41) is 8.16. The summed E-state index contributed by atoms with van der Waals surface area (Å²) in [5.74, 6) is -0.169. The van der Waals surface area contributed by atoms with Crippen LogP contribution in [0.15, 0.2) is 18.5 Å². The van der Waals surface area contributed by atoms with Gasteiger partial charge in [0.25, 0.3) is 0 Å². The standard InChI is InChI=1S/C6H4BF3NO2/c8-6(9,10)4-1-5(13-7-12)3-11-2-4/h1-3,12H. The van der Waals surface area contributed by atoms with Crippen LogP contribution in [0.5, 0.6) is 5.75 Å². The first-order chi connectivity index (χ1) is 6.04. The van der Waals surface area contributed by atoms with E-state index in [1.807, 2.05) is 0 Å². The van der Waals surface area contributed by atoms with Crippen LogP contribution in [0.1, 0.15) is 5.56 Å². The van der Waals surface area contributed by atoms with Gasteiger partial charge < -0.3 is 9.68 Å². The lowest BCUT2D eigenvalue weighted by atomic mass is 10.2. The van der Waals surface area contributed by atoms with Crippen molar-refractivity contribution in [1.82, 2.24) is 4.98 Å². The van der Waals surface area contributed by atoms with Crippen LogP contribution < -0.4 is 4.65 Å². The van der Waals surface area contributed by atoms with Gasteiger partial charge in [0.05, 0.1) is 11.8 Å². The van der Waals surface area contributed by atoms with E-state index in [9.17, 15) is 13.2 Å². The van der Waals surface area contributed by atoms with Gasteiger partial charge in [0, 0.05) is 6.20 Å². The van der Waals surface area contributed by atoms with Gasteiger partial charge in [-0.15, -0.1) is 0 Å². The van der Waals surface area contributed by atoms with Gasteiger partial charge >= 0.3 is 13.9 Å². The smallest absolute Gasteiger partial charge is 0.536 e. The second kappa shape index (κ2) is 3.65. The average molecular weight is 190 g/mol. The van der Waals surface area contributed by atoms with Crippen molar-refractivity contribution >= 4 is 7.69 Å². The number of rotatable bonds is 2. The fourth-order valence-corrected chi connectivity index (χ4v) is 0.699. The highest BCUT2D eigenvalue weighted by Gasteiger charge is 2.31. The molecule has 1 aromatic heterocycles. The lowest BCUT2D eigenvalue weighted by molar-refractivity contribution is -0.137. The van der Waals surface area contributed by atoms with Crippen molar-refractivity contribution in [2.75, 3.05) is 0 Å². The van der Waals surface area contributed by atoms with Crippen molar-refractivity contribution in [2.24, 2.45) is 0 Å². The van der Waals surface area contributed by atoms with E-state index < -0.39 is 11.7 Å². The molecule has 0 aliphatic rings. The molecule has 0 unspecified atom stereocenters. The summed E-state index contributed by atoms with van der Waals surface area (Å²) in [6.07, 6.45) is -2.73. The quantitative estimate of drug-likeness (QED) is 0.707. The molecule has 3 nitrogen and oxygen atoms in total. The average Bonchev–Trinajstić information content (AvgIpc) is 2.04. The third-order valence-corrected chi connectivity index (χ3v) is 1.23. The van der Waals surface area contributed by atoms with Crippen LogP contribution in [-0.2, 0) is 6.18 Å². The SMILES string of the molecule is O[B]Oc1cncc(C(F)(F)F)c1. The lowest BCUT2D eigenvalue weighted by Crippen LogP contribution is -2.07. The molecule has 0 bridgehead atoms. The minimum Gasteiger partial charge on any atom is -0.536 e. The summed E-state index contributed by atoms with van der Waals surface area (Å²) in [5.41, 5.74) is -0.924. The maximum Gasteiger partial charge on any atom is 0.569 e. The van der Waals surface area contributed by atoms with E-state index in [0.717, 1.165) is 12.3 Å². The van der Waals surface area contributed by atoms with Crippen LogP contribution in [0.3, 0.4) is 0 Å². The monoisotopic (exact) mass is 190 g/mol. The number of pyridine rings is 1. The van der Waals surface area contributed by atoms with Crippen molar-refractivity contribution in [1.29, 1.82) is 0 Å². The van der Waals surface area contributed by atoms with Gasteiger partial charge in [-0.3, -0.25) is 4.98 Å². The topological polar surface area (TPSA) is 42.4 Å². The van der Waals surface area contributed by atoms with E-state index >= 15 is 0 Å². The van der Waals surface area contributed by atoms with E-state index in [1.165, 1.54) is 0 Å². The molecule has 0 fully saturated rings. The van der Waals surface area contributed by atoms with Gasteiger partial charge in [0.15, 0.2) is 0 Å². The van der Waals surface area contributed by atoms with E-state index in [0.29, 0.717) is 6.20 Å². The van der Waals surface area contributed by atoms with Gasteiger partial charge in [0.2, 0.25) is 0 Å². The molecule has 1 N–H and O–H groups in total. The zero-order valence-corrected chi connectivity index (χ0v) is 6.25. The summed E-state index contributed by atoms with van der Waals surface area (Å²) in [6.45, 7) is 0. The summed E-state index contributed by atoms with van der Waals surface area (Å²) in [4.78, 5) is 3.29. The minimum atomic E-state index is -4.46. The molecule has 0 saturated heterocycles. The Morgan fingerprint density at radius 2 is 2.08 bits per heavy atom. The van der Waals surface area contributed by atoms with Crippen LogP contribution in [0.4, 0.5) is 13.2 Å². The third-order valence-electron chi connectivity index (χ3n) is 1.23. The number of halogens is 3. The van der Waals surface area contributed by atoms with Crippen LogP contribution >= 0.6 is 0 Å². The highest BCUT2D eigenvalue weighted by molar-refractivity contribution is 6.17. The number of alkyl halides is 3. The number of hydrogen-bond acceptors (Lipinski definition) is 3. The predicted molar refractivity (Wildman–Crippen MR) is 37.8 cm³/mol. The number of nitrogens with zero attached hydrogens (tertiary/aromatic N) is 1. The molecule has 1 radical (unpaired) electrons. The van der Waals surface area contributed by atoms with Gasteiger partial charge in [0.1, 0.15) is 5.75 Å². The Hall–Kier alpha value is -1.24. The van der Waals surface area contributed by atoms with E-state index in [1.54, 1.807) is 0 Å². The van der Waals surface area contributed by atoms with Gasteiger partial charge in [-0.25, -0.2) is 0 Å². The molecule has 1 heterocycles. The maximum atomic E-state index is 12.0. The molecule has 0 spiro atoms. The highest BCUT2D eigenvalue weighted by atomic mass is 19.4. The first kappa shape index (κ1) is 9.85. The number of hydrogen-bond donors (Lipinski definition) is 1. The Morgan fingerprint density at radius 1 is 1.38 bits per heavy atom. The minimum absolute atomic E-state index is 0.169. The van der Waals surface area contributed by atoms with Crippen LogP contribution in [0.25, 0.3) is 0 Å². The second-order valence-corrected chi connectivity index (χ2v) is 2.13. The van der Waals surface area contributed by atoms with E-state index in [2.05, 4.69) is 9.64 Å². The Kier molecular flexibility index (Phi) is 2.77. The first-order valence-corrected chi connectivity index (χ1v) is 3.19. The third kappa shape index (κ3) is 2.62. The largest absolute Gasteiger partial charge is 0.569 e. The molecular formula is C6H4BF3NO2. The summed E-state index contributed by atoms with van der Waals surface area (Å²) >= 11 is 0. The van der Waals surface area contributed by atoms with Gasteiger partial charge in [-0.1, -0.05) is 0 Å². The first-order valence-electron chi connectivity index (χ1n) is 3.19. The molecule has 7 heteroatoms. The normalized spacial score (nSPS) is 11.1. The molecule has 0 aliphatic carbocycles. The molecule has 69 valence electrons. The van der Waals surface area contributed by atoms with Crippen molar-refractivity contribution in [2.45, 2.75) is 6.18 Å². The Bertz CT molecular complexity index is 291. The summed E-state index contributed by atoms with van der Waals surface area (Å²) in [6, 6.07) is 0.736. The van der Waals surface area contributed by atoms with Crippen molar-refractivity contribution in [3.8, 4) is 5.75 Å². The second-order valence-electron chi connectivity index (χ2n) is 2.13. The Morgan fingerprint density at radius 3 is 2.62 bits per heavy atom. The zero-order valence-electron chi connectivity index (χ0n) is 6.25. The summed E-state index contributed by atoms with van der Waals surface area (Å²) < 4.78 is 40.4. The highest BCUT2D eigenvalue weighted by Crippen LogP contribution is 2.30.